The molecular weight excluding hydrogens is 308 g/mol. The van der Waals surface area contributed by atoms with Gasteiger partial charge in [-0.25, -0.2) is 0 Å². The molecule has 142 valence electrons. The van der Waals surface area contributed by atoms with Crippen molar-refractivity contribution in [2.24, 2.45) is 0 Å². The van der Waals surface area contributed by atoms with Crippen molar-refractivity contribution in [3.8, 4) is 0 Å². The first-order chi connectivity index (χ1) is 11.7. The molecule has 0 unspecified atom stereocenters. The number of rotatable bonds is 14. The van der Waals surface area contributed by atoms with Crippen molar-refractivity contribution in [2.45, 2.75) is 89.1 Å². The Balaban J connectivity index is 1.98. The molecule has 1 aliphatic rings. The van der Waals surface area contributed by atoms with Crippen LogP contribution in [-0.2, 0) is 9.47 Å². The van der Waals surface area contributed by atoms with Crippen molar-refractivity contribution < 1.29 is 24.8 Å². The van der Waals surface area contributed by atoms with Gasteiger partial charge in [0.05, 0.1) is 13.2 Å². The molecule has 0 bridgehead atoms. The van der Waals surface area contributed by atoms with Crippen LogP contribution >= 0.6 is 0 Å². The molecule has 1 rings (SSSR count). The summed E-state index contributed by atoms with van der Waals surface area (Å²) >= 11 is 0. The molecule has 1 fully saturated rings. The fourth-order valence-corrected chi connectivity index (χ4v) is 2.90. The number of allylic oxidation sites excluding steroid dienone is 2. The molecule has 1 heterocycles. The van der Waals surface area contributed by atoms with E-state index in [-0.39, 0.29) is 13.2 Å². The lowest BCUT2D eigenvalue weighted by Crippen LogP contribution is -2.42. The molecule has 0 aromatic heterocycles. The zero-order valence-corrected chi connectivity index (χ0v) is 15.1. The van der Waals surface area contributed by atoms with E-state index in [0.717, 1.165) is 25.7 Å². The predicted octanol–water partition coefficient (Wildman–Crippen LogP) is 2.57. The second-order valence-corrected chi connectivity index (χ2v) is 6.62. The lowest BCUT2D eigenvalue weighted by molar-refractivity contribution is -0.101. The van der Waals surface area contributed by atoms with E-state index in [0.29, 0.717) is 6.61 Å². The van der Waals surface area contributed by atoms with Crippen molar-refractivity contribution >= 4 is 0 Å². The predicted molar refractivity (Wildman–Crippen MR) is 94.9 cm³/mol. The Morgan fingerprint density at radius 2 is 1.71 bits per heavy atom. The van der Waals surface area contributed by atoms with Crippen molar-refractivity contribution in [2.75, 3.05) is 19.8 Å². The molecular formula is C19H36O5. The molecule has 0 aliphatic carbocycles. The number of hydrogen-bond donors (Lipinski definition) is 3. The minimum absolute atomic E-state index is 0.0937. The number of aliphatic hydroxyl groups excluding tert-OH is 3. The van der Waals surface area contributed by atoms with Crippen LogP contribution in [0.2, 0.25) is 0 Å². The molecule has 0 aromatic rings. The van der Waals surface area contributed by atoms with Crippen molar-refractivity contribution in [1.82, 2.24) is 0 Å². The van der Waals surface area contributed by atoms with Crippen LogP contribution in [0, 0.1) is 0 Å². The summed E-state index contributed by atoms with van der Waals surface area (Å²) in [6, 6.07) is 0. The number of aliphatic hydroxyl groups is 3. The maximum absolute atomic E-state index is 9.78. The van der Waals surface area contributed by atoms with E-state index in [2.05, 4.69) is 19.1 Å². The SMILES string of the molecule is CCCCCC/C=C/CCCCCO[C@H](CO)[C@@H]1OC[C@H](O)[C@@H]1O. The fourth-order valence-electron chi connectivity index (χ4n) is 2.90. The Morgan fingerprint density at radius 1 is 1.04 bits per heavy atom. The van der Waals surface area contributed by atoms with Crippen molar-refractivity contribution in [3.63, 3.8) is 0 Å². The molecule has 1 saturated heterocycles. The second kappa shape index (κ2) is 13.8. The van der Waals surface area contributed by atoms with E-state index in [1.54, 1.807) is 0 Å². The van der Waals surface area contributed by atoms with Gasteiger partial charge in [-0.15, -0.1) is 0 Å². The summed E-state index contributed by atoms with van der Waals surface area (Å²) in [6.45, 7) is 2.65. The third-order valence-electron chi connectivity index (χ3n) is 4.47. The summed E-state index contributed by atoms with van der Waals surface area (Å²) in [4.78, 5) is 0. The van der Waals surface area contributed by atoms with Gasteiger partial charge in [-0.2, -0.15) is 0 Å². The van der Waals surface area contributed by atoms with E-state index in [4.69, 9.17) is 9.47 Å². The standard InChI is InChI=1S/C19H36O5/c1-2-3-4-5-6-7-8-9-10-11-12-13-23-17(14-20)19-18(22)16(21)15-24-19/h7-8,16-22H,2-6,9-15H2,1H3/b8-7+/t16-,17+,18-,19-/m0/s1. The number of hydrogen-bond acceptors (Lipinski definition) is 5. The Labute approximate surface area is 146 Å². The molecule has 0 aromatic carbocycles. The smallest absolute Gasteiger partial charge is 0.114 e. The average molecular weight is 344 g/mol. The normalized spacial score (nSPS) is 25.6. The molecule has 5 heteroatoms. The van der Waals surface area contributed by atoms with Crippen LogP contribution in [0.4, 0.5) is 0 Å². The molecule has 4 atom stereocenters. The van der Waals surface area contributed by atoms with Crippen LogP contribution in [-0.4, -0.2) is 59.6 Å². The molecule has 1 aliphatic heterocycles. The zero-order valence-electron chi connectivity index (χ0n) is 15.1. The van der Waals surface area contributed by atoms with Gasteiger partial charge in [0.25, 0.3) is 0 Å². The van der Waals surface area contributed by atoms with Crippen LogP contribution in [0.5, 0.6) is 0 Å². The van der Waals surface area contributed by atoms with E-state index in [1.165, 1.54) is 32.1 Å². The Hall–Kier alpha value is -0.460. The van der Waals surface area contributed by atoms with Gasteiger partial charge in [-0.3, -0.25) is 0 Å². The highest BCUT2D eigenvalue weighted by molar-refractivity contribution is 4.88. The number of ether oxygens (including phenoxy) is 2. The average Bonchev–Trinajstić information content (AvgIpc) is 2.92. The van der Waals surface area contributed by atoms with Gasteiger partial charge < -0.3 is 24.8 Å². The minimum Gasteiger partial charge on any atom is -0.394 e. The van der Waals surface area contributed by atoms with Crippen LogP contribution in [0.15, 0.2) is 12.2 Å². The highest BCUT2D eigenvalue weighted by atomic mass is 16.6. The van der Waals surface area contributed by atoms with Crippen molar-refractivity contribution in [1.29, 1.82) is 0 Å². The van der Waals surface area contributed by atoms with Crippen molar-refractivity contribution in [3.05, 3.63) is 12.2 Å². The quantitative estimate of drug-likeness (QED) is 0.333. The Morgan fingerprint density at radius 3 is 2.25 bits per heavy atom. The minimum atomic E-state index is -0.982. The maximum atomic E-state index is 9.78. The molecule has 0 amide bonds. The number of unbranched alkanes of at least 4 members (excludes halogenated alkanes) is 7. The third-order valence-corrected chi connectivity index (χ3v) is 4.47. The van der Waals surface area contributed by atoms with Gasteiger partial charge in [0.15, 0.2) is 0 Å². The van der Waals surface area contributed by atoms with Gasteiger partial charge in [-0.05, 0) is 32.1 Å². The molecule has 5 nitrogen and oxygen atoms in total. The summed E-state index contributed by atoms with van der Waals surface area (Å²) in [5.41, 5.74) is 0. The van der Waals surface area contributed by atoms with E-state index in [9.17, 15) is 15.3 Å². The largest absolute Gasteiger partial charge is 0.394 e. The molecule has 0 radical (unpaired) electrons. The summed E-state index contributed by atoms with van der Waals surface area (Å²) in [5, 5.41) is 28.6. The summed E-state index contributed by atoms with van der Waals surface area (Å²) in [6.07, 6.45) is 12.2. The molecule has 24 heavy (non-hydrogen) atoms. The monoisotopic (exact) mass is 344 g/mol. The van der Waals surface area contributed by atoms with Gasteiger partial charge in [0.2, 0.25) is 0 Å². The molecule has 0 saturated carbocycles. The van der Waals surface area contributed by atoms with Gasteiger partial charge in [0, 0.05) is 6.61 Å². The summed E-state index contributed by atoms with van der Waals surface area (Å²) in [5.74, 6) is 0. The van der Waals surface area contributed by atoms with E-state index in [1.807, 2.05) is 0 Å². The highest BCUT2D eigenvalue weighted by Gasteiger charge is 2.40. The van der Waals surface area contributed by atoms with Gasteiger partial charge in [-0.1, -0.05) is 44.8 Å². The third kappa shape index (κ3) is 8.58. The Bertz CT molecular complexity index is 321. The van der Waals surface area contributed by atoms with E-state index >= 15 is 0 Å². The first kappa shape index (κ1) is 21.6. The maximum Gasteiger partial charge on any atom is 0.114 e. The lowest BCUT2D eigenvalue weighted by Gasteiger charge is -2.24. The topological polar surface area (TPSA) is 79.2 Å². The van der Waals surface area contributed by atoms with Crippen LogP contribution in [0.1, 0.15) is 64.7 Å². The van der Waals surface area contributed by atoms with E-state index < -0.39 is 24.4 Å². The van der Waals surface area contributed by atoms with Crippen LogP contribution in [0.3, 0.4) is 0 Å². The van der Waals surface area contributed by atoms with Crippen LogP contribution < -0.4 is 0 Å². The first-order valence-corrected chi connectivity index (χ1v) is 9.55. The first-order valence-electron chi connectivity index (χ1n) is 9.55. The second-order valence-electron chi connectivity index (χ2n) is 6.62. The fraction of sp³-hybridized carbons (Fsp3) is 0.895. The van der Waals surface area contributed by atoms with Gasteiger partial charge >= 0.3 is 0 Å². The summed E-state index contributed by atoms with van der Waals surface area (Å²) < 4.78 is 10.9. The lowest BCUT2D eigenvalue weighted by atomic mass is 10.1. The summed E-state index contributed by atoms with van der Waals surface area (Å²) in [7, 11) is 0. The molecule has 3 N–H and O–H groups in total. The zero-order chi connectivity index (χ0) is 17.6. The Kier molecular flexibility index (Phi) is 12.4. The molecule has 0 spiro atoms. The highest BCUT2D eigenvalue weighted by Crippen LogP contribution is 2.19. The van der Waals surface area contributed by atoms with Crippen LogP contribution in [0.25, 0.3) is 0 Å². The van der Waals surface area contributed by atoms with Gasteiger partial charge in [0.1, 0.15) is 24.4 Å².